The van der Waals surface area contributed by atoms with E-state index in [1.54, 1.807) is 6.20 Å². The lowest BCUT2D eigenvalue weighted by Crippen LogP contribution is -2.26. The summed E-state index contributed by atoms with van der Waals surface area (Å²) in [4.78, 5) is 17.7. The number of amides is 1. The zero-order valence-electron chi connectivity index (χ0n) is 9.53. The van der Waals surface area contributed by atoms with Crippen LogP contribution >= 0.6 is 0 Å². The van der Waals surface area contributed by atoms with Crippen molar-refractivity contribution in [3.63, 3.8) is 0 Å². The summed E-state index contributed by atoms with van der Waals surface area (Å²) in [5.74, 6) is 0.676. The Labute approximate surface area is 95.0 Å². The fraction of sp³-hybridized carbons (Fsp3) is 0.333. The lowest BCUT2D eigenvalue weighted by molar-refractivity contribution is -0.116. The number of likely N-dealkylation sites (N-methyl/N-ethyl adjacent to an activating group) is 1. The van der Waals surface area contributed by atoms with E-state index in [2.05, 4.69) is 16.4 Å². The summed E-state index contributed by atoms with van der Waals surface area (Å²) in [6.07, 6.45) is 5.74. The molecule has 2 rings (SSSR count). The maximum atomic E-state index is 11.5. The molecule has 0 atom stereocenters. The van der Waals surface area contributed by atoms with E-state index in [-0.39, 0.29) is 5.91 Å². The Morgan fingerprint density at radius 3 is 3.06 bits per heavy atom. The normalized spacial score (nSPS) is 17.0. The average molecular weight is 217 g/mol. The molecule has 1 N–H and O–H groups in total. The molecule has 4 nitrogen and oxygen atoms in total. The molecular weight excluding hydrogens is 202 g/mol. The standard InChI is InChI=1S/C12H15N3O/c1-3-4-9-5-10-7-15(2)8-11(16)14-12(10)13-6-9/h3-6H,7-8H2,1-2H3,(H,13,14,16)/b4-3+. The minimum absolute atomic E-state index is 0.00691. The molecule has 0 saturated carbocycles. The van der Waals surface area contributed by atoms with Gasteiger partial charge in [0.15, 0.2) is 0 Å². The van der Waals surface area contributed by atoms with E-state index in [0.717, 1.165) is 17.7 Å². The van der Waals surface area contributed by atoms with Crippen LogP contribution in [0.5, 0.6) is 0 Å². The summed E-state index contributed by atoms with van der Waals surface area (Å²) in [7, 11) is 1.93. The molecule has 2 heterocycles. The van der Waals surface area contributed by atoms with Gasteiger partial charge in [0.2, 0.25) is 5.91 Å². The van der Waals surface area contributed by atoms with Crippen molar-refractivity contribution < 1.29 is 4.79 Å². The molecule has 0 aliphatic carbocycles. The molecular formula is C12H15N3O. The van der Waals surface area contributed by atoms with Gasteiger partial charge in [-0.15, -0.1) is 0 Å². The number of aromatic nitrogens is 1. The summed E-state index contributed by atoms with van der Waals surface area (Å²) in [6, 6.07) is 2.06. The number of anilines is 1. The van der Waals surface area contributed by atoms with E-state index < -0.39 is 0 Å². The maximum Gasteiger partial charge on any atom is 0.239 e. The van der Waals surface area contributed by atoms with Crippen LogP contribution in [0.4, 0.5) is 5.82 Å². The molecule has 0 radical (unpaired) electrons. The highest BCUT2D eigenvalue weighted by Crippen LogP contribution is 2.19. The highest BCUT2D eigenvalue weighted by Gasteiger charge is 2.17. The summed E-state index contributed by atoms with van der Waals surface area (Å²) < 4.78 is 0. The number of fused-ring (bicyclic) bond motifs is 1. The number of carbonyl (C=O) groups excluding carboxylic acids is 1. The SMILES string of the molecule is C/C=C/c1cnc2c(c1)CN(C)CC(=O)N2. The Morgan fingerprint density at radius 1 is 1.50 bits per heavy atom. The first-order valence-electron chi connectivity index (χ1n) is 5.29. The first kappa shape index (κ1) is 10.8. The van der Waals surface area contributed by atoms with Gasteiger partial charge >= 0.3 is 0 Å². The Bertz CT molecular complexity index is 440. The molecule has 0 unspecified atom stereocenters. The van der Waals surface area contributed by atoms with Crippen LogP contribution < -0.4 is 5.32 Å². The molecule has 1 amide bonds. The van der Waals surface area contributed by atoms with Crippen LogP contribution in [-0.2, 0) is 11.3 Å². The number of hydrogen-bond acceptors (Lipinski definition) is 3. The monoisotopic (exact) mass is 217 g/mol. The van der Waals surface area contributed by atoms with Crippen LogP contribution in [-0.4, -0.2) is 29.4 Å². The van der Waals surface area contributed by atoms with Crippen LogP contribution in [0.2, 0.25) is 0 Å². The van der Waals surface area contributed by atoms with Gasteiger partial charge in [0, 0.05) is 18.3 Å². The number of hydrogen-bond donors (Lipinski definition) is 1. The smallest absolute Gasteiger partial charge is 0.239 e. The van der Waals surface area contributed by atoms with Crippen molar-refractivity contribution >= 4 is 17.8 Å². The highest BCUT2D eigenvalue weighted by molar-refractivity contribution is 5.92. The van der Waals surface area contributed by atoms with Gasteiger partial charge in [-0.2, -0.15) is 0 Å². The minimum atomic E-state index is -0.00691. The van der Waals surface area contributed by atoms with E-state index in [1.807, 2.05) is 31.0 Å². The maximum absolute atomic E-state index is 11.5. The molecule has 84 valence electrons. The van der Waals surface area contributed by atoms with E-state index in [0.29, 0.717) is 12.4 Å². The van der Waals surface area contributed by atoms with Crippen LogP contribution in [0.15, 0.2) is 18.3 Å². The zero-order valence-corrected chi connectivity index (χ0v) is 9.53. The van der Waals surface area contributed by atoms with Crippen molar-refractivity contribution in [1.82, 2.24) is 9.88 Å². The first-order valence-corrected chi connectivity index (χ1v) is 5.29. The third-order valence-electron chi connectivity index (χ3n) is 2.46. The van der Waals surface area contributed by atoms with Crippen molar-refractivity contribution in [2.24, 2.45) is 0 Å². The van der Waals surface area contributed by atoms with Gasteiger partial charge in [-0.3, -0.25) is 9.69 Å². The van der Waals surface area contributed by atoms with E-state index in [9.17, 15) is 4.79 Å². The number of pyridine rings is 1. The molecule has 16 heavy (non-hydrogen) atoms. The van der Waals surface area contributed by atoms with Gasteiger partial charge in [0.25, 0.3) is 0 Å². The van der Waals surface area contributed by atoms with Gasteiger partial charge in [0.1, 0.15) is 5.82 Å². The molecule has 0 fully saturated rings. The lowest BCUT2D eigenvalue weighted by Gasteiger charge is -2.11. The topological polar surface area (TPSA) is 45.2 Å². The van der Waals surface area contributed by atoms with Gasteiger partial charge < -0.3 is 5.32 Å². The predicted octanol–water partition coefficient (Wildman–Crippen LogP) is 1.50. The number of allylic oxidation sites excluding steroid dienone is 1. The summed E-state index contributed by atoms with van der Waals surface area (Å²) in [6.45, 7) is 3.13. The van der Waals surface area contributed by atoms with E-state index in [1.165, 1.54) is 0 Å². The van der Waals surface area contributed by atoms with Crippen molar-refractivity contribution in [1.29, 1.82) is 0 Å². The Balaban J connectivity index is 2.38. The second-order valence-electron chi connectivity index (χ2n) is 4.00. The fourth-order valence-corrected chi connectivity index (χ4v) is 1.81. The third-order valence-corrected chi connectivity index (χ3v) is 2.46. The molecule has 0 aromatic carbocycles. The van der Waals surface area contributed by atoms with Crippen molar-refractivity contribution in [3.8, 4) is 0 Å². The Morgan fingerprint density at radius 2 is 2.31 bits per heavy atom. The number of carbonyl (C=O) groups is 1. The molecule has 1 aromatic heterocycles. The molecule has 1 aliphatic rings. The Kier molecular flexibility index (Phi) is 3.01. The first-order chi connectivity index (χ1) is 7.69. The lowest BCUT2D eigenvalue weighted by atomic mass is 10.1. The van der Waals surface area contributed by atoms with Gasteiger partial charge in [-0.1, -0.05) is 12.2 Å². The largest absolute Gasteiger partial charge is 0.309 e. The molecule has 0 bridgehead atoms. The number of nitrogens with zero attached hydrogens (tertiary/aromatic N) is 2. The summed E-state index contributed by atoms with van der Waals surface area (Å²) in [5, 5.41) is 2.81. The molecule has 1 aromatic rings. The molecule has 0 saturated heterocycles. The second-order valence-corrected chi connectivity index (χ2v) is 4.00. The van der Waals surface area contributed by atoms with E-state index >= 15 is 0 Å². The van der Waals surface area contributed by atoms with Crippen LogP contribution in [0, 0.1) is 0 Å². The molecule has 0 spiro atoms. The van der Waals surface area contributed by atoms with Gasteiger partial charge in [-0.25, -0.2) is 4.98 Å². The van der Waals surface area contributed by atoms with Crippen molar-refractivity contribution in [3.05, 3.63) is 29.5 Å². The van der Waals surface area contributed by atoms with Crippen molar-refractivity contribution in [2.45, 2.75) is 13.5 Å². The third kappa shape index (κ3) is 2.28. The molecule has 1 aliphatic heterocycles. The van der Waals surface area contributed by atoms with E-state index in [4.69, 9.17) is 0 Å². The number of nitrogens with one attached hydrogen (secondary N) is 1. The average Bonchev–Trinajstić information content (AvgIpc) is 2.35. The summed E-state index contributed by atoms with van der Waals surface area (Å²) in [5.41, 5.74) is 2.12. The fourth-order valence-electron chi connectivity index (χ4n) is 1.81. The van der Waals surface area contributed by atoms with Gasteiger partial charge in [-0.05, 0) is 25.6 Å². The predicted molar refractivity (Wildman–Crippen MR) is 63.9 cm³/mol. The summed E-state index contributed by atoms with van der Waals surface area (Å²) >= 11 is 0. The second kappa shape index (κ2) is 4.45. The quantitative estimate of drug-likeness (QED) is 0.775. The van der Waals surface area contributed by atoms with Crippen LogP contribution in [0.3, 0.4) is 0 Å². The van der Waals surface area contributed by atoms with Crippen LogP contribution in [0.1, 0.15) is 18.1 Å². The highest BCUT2D eigenvalue weighted by atomic mass is 16.2. The van der Waals surface area contributed by atoms with Crippen LogP contribution in [0.25, 0.3) is 6.08 Å². The van der Waals surface area contributed by atoms with Crippen molar-refractivity contribution in [2.75, 3.05) is 18.9 Å². The molecule has 4 heteroatoms. The zero-order chi connectivity index (χ0) is 11.5. The van der Waals surface area contributed by atoms with Gasteiger partial charge in [0.05, 0.1) is 6.54 Å². The minimum Gasteiger partial charge on any atom is -0.309 e. The Hall–Kier alpha value is -1.68. The number of rotatable bonds is 1.